The summed E-state index contributed by atoms with van der Waals surface area (Å²) < 4.78 is 7.29. The molecule has 3 nitrogen and oxygen atoms in total. The van der Waals surface area contributed by atoms with Gasteiger partial charge in [0.15, 0.2) is 0 Å². The van der Waals surface area contributed by atoms with Crippen molar-refractivity contribution in [3.63, 3.8) is 0 Å². The average molecular weight is 482 g/mol. The Kier molecular flexibility index (Phi) is 7.12. The van der Waals surface area contributed by atoms with E-state index in [0.717, 1.165) is 10.9 Å². The van der Waals surface area contributed by atoms with Gasteiger partial charge in [-0.15, -0.1) is 0 Å². The maximum absolute atomic E-state index is 10.6. The van der Waals surface area contributed by atoms with Gasteiger partial charge in [-0.3, -0.25) is 0 Å². The Balaban J connectivity index is 1.29. The molecule has 0 amide bonds. The first-order valence-electron chi connectivity index (χ1n) is 11.2. The van der Waals surface area contributed by atoms with Crippen molar-refractivity contribution in [1.29, 1.82) is 0 Å². The van der Waals surface area contributed by atoms with E-state index in [0.29, 0.717) is 19.1 Å². The van der Waals surface area contributed by atoms with Crippen LogP contribution in [0.25, 0.3) is 10.8 Å². The fourth-order valence-electron chi connectivity index (χ4n) is 4.17. The summed E-state index contributed by atoms with van der Waals surface area (Å²) >= 11 is 3.65. The number of hydrogen-bond donors (Lipinski definition) is 2. The molecule has 2 atom stereocenters. The molecular formula is C27H32BrNO2. The maximum Gasteiger partial charge on any atom is 0.0898 e. The van der Waals surface area contributed by atoms with Gasteiger partial charge in [-0.2, -0.15) is 0 Å². The standard InChI is InChI=1S/C27H32BrNO2/c1-27(2,16-19-11-12-20-7-3-4-8-22(20)15-19)29-17-23(30)18-31-26(21-13-14-21)24-9-5-6-10-25(24)28/h3-12,15,21,23,26,29-30H,13-14,16-18H2,1-2H3/t23-,26?/m1/s1. The first-order chi connectivity index (χ1) is 14.9. The zero-order chi connectivity index (χ0) is 21.8. The molecule has 4 heteroatoms. The second kappa shape index (κ2) is 9.83. The van der Waals surface area contributed by atoms with E-state index in [4.69, 9.17) is 4.74 Å². The second-order valence-electron chi connectivity index (χ2n) is 9.39. The number of ether oxygens (including phenoxy) is 1. The summed E-state index contributed by atoms with van der Waals surface area (Å²) in [4.78, 5) is 0. The van der Waals surface area contributed by atoms with Crippen LogP contribution in [0.2, 0.25) is 0 Å². The average Bonchev–Trinajstić information content (AvgIpc) is 3.59. The summed E-state index contributed by atoms with van der Waals surface area (Å²) in [5.74, 6) is 0.559. The van der Waals surface area contributed by atoms with Gasteiger partial charge in [0.05, 0.1) is 18.8 Å². The smallest absolute Gasteiger partial charge is 0.0898 e. The summed E-state index contributed by atoms with van der Waals surface area (Å²) in [5, 5.41) is 16.7. The molecule has 3 aromatic rings. The van der Waals surface area contributed by atoms with Crippen molar-refractivity contribution in [1.82, 2.24) is 5.32 Å². The fourth-order valence-corrected chi connectivity index (χ4v) is 4.68. The Bertz CT molecular complexity index is 1010. The quantitative estimate of drug-likeness (QED) is 0.370. The molecule has 3 aromatic carbocycles. The van der Waals surface area contributed by atoms with Crippen LogP contribution in [-0.4, -0.2) is 29.9 Å². The first kappa shape index (κ1) is 22.5. The molecule has 1 aliphatic rings. The van der Waals surface area contributed by atoms with Crippen molar-refractivity contribution < 1.29 is 9.84 Å². The van der Waals surface area contributed by atoms with Crippen molar-refractivity contribution in [2.75, 3.05) is 13.2 Å². The number of benzene rings is 3. The summed E-state index contributed by atoms with van der Waals surface area (Å²) in [5.41, 5.74) is 2.35. The van der Waals surface area contributed by atoms with Crippen LogP contribution in [0, 0.1) is 5.92 Å². The minimum atomic E-state index is -0.542. The van der Waals surface area contributed by atoms with E-state index in [1.165, 1.54) is 34.7 Å². The largest absolute Gasteiger partial charge is 0.389 e. The van der Waals surface area contributed by atoms with E-state index in [-0.39, 0.29) is 11.6 Å². The highest BCUT2D eigenvalue weighted by Crippen LogP contribution is 2.45. The summed E-state index contributed by atoms with van der Waals surface area (Å²) in [6.45, 7) is 5.21. The Labute approximate surface area is 194 Å². The SMILES string of the molecule is CC(C)(Cc1ccc2ccccc2c1)NC[C@@H](O)COC(c1ccccc1Br)C1CC1. The fraction of sp³-hybridized carbons (Fsp3) is 0.407. The third kappa shape index (κ3) is 6.17. The topological polar surface area (TPSA) is 41.5 Å². The lowest BCUT2D eigenvalue weighted by molar-refractivity contribution is -0.0214. The van der Waals surface area contributed by atoms with E-state index in [2.05, 4.69) is 89.7 Å². The van der Waals surface area contributed by atoms with Crippen LogP contribution < -0.4 is 5.32 Å². The molecule has 31 heavy (non-hydrogen) atoms. The van der Waals surface area contributed by atoms with Gasteiger partial charge in [0.25, 0.3) is 0 Å². The van der Waals surface area contributed by atoms with Crippen LogP contribution in [0.5, 0.6) is 0 Å². The Hall–Kier alpha value is -1.72. The van der Waals surface area contributed by atoms with E-state index >= 15 is 0 Å². The van der Waals surface area contributed by atoms with Crippen LogP contribution >= 0.6 is 15.9 Å². The van der Waals surface area contributed by atoms with Crippen LogP contribution in [-0.2, 0) is 11.2 Å². The third-order valence-electron chi connectivity index (χ3n) is 6.01. The van der Waals surface area contributed by atoms with E-state index in [1.807, 2.05) is 12.1 Å². The minimum absolute atomic E-state index is 0.0517. The van der Waals surface area contributed by atoms with Gasteiger partial charge >= 0.3 is 0 Å². The van der Waals surface area contributed by atoms with E-state index in [9.17, 15) is 5.11 Å². The summed E-state index contributed by atoms with van der Waals surface area (Å²) in [6, 6.07) is 23.3. The number of rotatable bonds is 10. The first-order valence-corrected chi connectivity index (χ1v) is 12.0. The second-order valence-corrected chi connectivity index (χ2v) is 10.2. The van der Waals surface area contributed by atoms with Gasteiger partial charge in [0.1, 0.15) is 0 Å². The van der Waals surface area contributed by atoms with Crippen molar-refractivity contribution in [3.8, 4) is 0 Å². The normalized spacial score (nSPS) is 16.4. The molecule has 1 unspecified atom stereocenters. The molecule has 1 fully saturated rings. The zero-order valence-electron chi connectivity index (χ0n) is 18.4. The molecule has 0 saturated heterocycles. The van der Waals surface area contributed by atoms with Crippen LogP contribution in [0.4, 0.5) is 0 Å². The molecular weight excluding hydrogens is 450 g/mol. The Morgan fingerprint density at radius 2 is 1.74 bits per heavy atom. The van der Waals surface area contributed by atoms with Crippen molar-refractivity contribution in [2.24, 2.45) is 5.92 Å². The highest BCUT2D eigenvalue weighted by Gasteiger charge is 2.34. The molecule has 1 aliphatic carbocycles. The molecule has 2 N–H and O–H groups in total. The number of aliphatic hydroxyl groups excluding tert-OH is 1. The summed E-state index contributed by atoms with van der Waals surface area (Å²) in [7, 11) is 0. The van der Waals surface area contributed by atoms with Gasteiger partial charge in [-0.1, -0.05) is 76.6 Å². The van der Waals surface area contributed by atoms with Crippen molar-refractivity contribution in [3.05, 3.63) is 82.3 Å². The number of hydrogen-bond acceptors (Lipinski definition) is 3. The van der Waals surface area contributed by atoms with E-state index in [1.54, 1.807) is 0 Å². The molecule has 0 bridgehead atoms. The highest BCUT2D eigenvalue weighted by atomic mass is 79.9. The molecule has 0 aliphatic heterocycles. The van der Waals surface area contributed by atoms with Crippen LogP contribution in [0.1, 0.15) is 43.9 Å². The van der Waals surface area contributed by atoms with E-state index < -0.39 is 6.10 Å². The third-order valence-corrected chi connectivity index (χ3v) is 6.73. The van der Waals surface area contributed by atoms with Crippen LogP contribution in [0.15, 0.2) is 71.2 Å². The number of nitrogens with one attached hydrogen (secondary N) is 1. The molecule has 164 valence electrons. The van der Waals surface area contributed by atoms with Crippen molar-refractivity contribution in [2.45, 2.75) is 50.9 Å². The van der Waals surface area contributed by atoms with Crippen LogP contribution in [0.3, 0.4) is 0 Å². The predicted octanol–water partition coefficient (Wildman–Crippen LogP) is 6.04. The van der Waals surface area contributed by atoms with Crippen molar-refractivity contribution >= 4 is 26.7 Å². The number of β-amino-alcohol motifs (C(OH)–C–C–N with tert-alkyl or cyclic N) is 1. The van der Waals surface area contributed by atoms with Gasteiger partial charge in [-0.05, 0) is 67.0 Å². The molecule has 0 radical (unpaired) electrons. The molecule has 1 saturated carbocycles. The summed E-state index contributed by atoms with van der Waals surface area (Å²) in [6.07, 6.45) is 2.79. The lowest BCUT2D eigenvalue weighted by Crippen LogP contribution is -2.46. The Morgan fingerprint density at radius 1 is 1.03 bits per heavy atom. The van der Waals surface area contributed by atoms with Gasteiger partial charge in [0.2, 0.25) is 0 Å². The van der Waals surface area contributed by atoms with Gasteiger partial charge in [-0.25, -0.2) is 0 Å². The maximum atomic E-state index is 10.6. The predicted molar refractivity (Wildman–Crippen MR) is 131 cm³/mol. The molecule has 0 spiro atoms. The lowest BCUT2D eigenvalue weighted by Gasteiger charge is -2.29. The molecule has 4 rings (SSSR count). The zero-order valence-corrected chi connectivity index (χ0v) is 19.9. The lowest BCUT2D eigenvalue weighted by atomic mass is 9.93. The molecule has 0 aromatic heterocycles. The monoisotopic (exact) mass is 481 g/mol. The number of fused-ring (bicyclic) bond motifs is 1. The molecule has 0 heterocycles. The van der Waals surface area contributed by atoms with Gasteiger partial charge < -0.3 is 15.2 Å². The van der Waals surface area contributed by atoms with Gasteiger partial charge in [0, 0.05) is 16.6 Å². The number of aliphatic hydroxyl groups is 1. The highest BCUT2D eigenvalue weighted by molar-refractivity contribution is 9.10. The minimum Gasteiger partial charge on any atom is -0.389 e. The number of halogens is 1. The Morgan fingerprint density at radius 3 is 2.48 bits per heavy atom.